The van der Waals surface area contributed by atoms with Crippen molar-refractivity contribution in [1.29, 1.82) is 0 Å². The molecule has 1 aromatic carbocycles. The number of fused-ring (bicyclic) bond motifs is 1. The minimum absolute atomic E-state index is 0.0648. The molecular formula is C18H26ClNO2Si. The highest BCUT2D eigenvalue weighted by Crippen LogP contribution is 2.37. The van der Waals surface area contributed by atoms with E-state index in [2.05, 4.69) is 45.8 Å². The van der Waals surface area contributed by atoms with Crippen molar-refractivity contribution in [2.24, 2.45) is 0 Å². The fourth-order valence-electron chi connectivity index (χ4n) is 2.11. The third-order valence-electron chi connectivity index (χ3n) is 4.45. The average molecular weight is 352 g/mol. The van der Waals surface area contributed by atoms with Gasteiger partial charge in [-0.25, -0.2) is 4.98 Å². The Bertz CT molecular complexity index is 682. The molecule has 2 rings (SSSR count). The Labute approximate surface area is 145 Å². The lowest BCUT2D eigenvalue weighted by molar-refractivity contribution is 0.129. The van der Waals surface area contributed by atoms with E-state index in [1.165, 1.54) is 0 Å². The summed E-state index contributed by atoms with van der Waals surface area (Å²) in [4.78, 5) is 4.11. The number of pyridine rings is 1. The molecule has 0 amide bonds. The van der Waals surface area contributed by atoms with Gasteiger partial charge in [-0.2, -0.15) is 0 Å². The Morgan fingerprint density at radius 2 is 1.87 bits per heavy atom. The Kier molecular flexibility index (Phi) is 5.39. The molecule has 0 saturated carbocycles. The van der Waals surface area contributed by atoms with Crippen molar-refractivity contribution in [3.63, 3.8) is 0 Å². The summed E-state index contributed by atoms with van der Waals surface area (Å²) in [7, 11) is -1.76. The minimum Gasteiger partial charge on any atom is -0.491 e. The summed E-state index contributed by atoms with van der Waals surface area (Å²) in [6, 6.07) is 7.79. The van der Waals surface area contributed by atoms with Crippen LogP contribution in [0, 0.1) is 0 Å². The number of aromatic nitrogens is 1. The molecular weight excluding hydrogens is 326 g/mol. The molecule has 0 radical (unpaired) electrons. The van der Waals surface area contributed by atoms with Gasteiger partial charge in [0, 0.05) is 11.6 Å². The molecule has 0 aliphatic heterocycles. The molecule has 0 saturated heterocycles. The van der Waals surface area contributed by atoms with Gasteiger partial charge in [0.25, 0.3) is 0 Å². The van der Waals surface area contributed by atoms with E-state index in [1.807, 2.05) is 24.3 Å². The van der Waals surface area contributed by atoms with Crippen molar-refractivity contribution in [2.45, 2.75) is 51.9 Å². The third kappa shape index (κ3) is 4.69. The van der Waals surface area contributed by atoms with Crippen LogP contribution in [0.15, 0.2) is 30.5 Å². The first-order valence-corrected chi connectivity index (χ1v) is 11.2. The van der Waals surface area contributed by atoms with Gasteiger partial charge in [-0.15, -0.1) is 0 Å². The second kappa shape index (κ2) is 6.79. The summed E-state index contributed by atoms with van der Waals surface area (Å²) in [6.45, 7) is 13.9. The lowest BCUT2D eigenvalue weighted by atomic mass is 10.2. The Balaban J connectivity index is 1.99. The maximum atomic E-state index is 6.31. The van der Waals surface area contributed by atoms with E-state index in [9.17, 15) is 0 Å². The van der Waals surface area contributed by atoms with Gasteiger partial charge in [0.05, 0.1) is 6.10 Å². The monoisotopic (exact) mass is 351 g/mol. The van der Waals surface area contributed by atoms with Gasteiger partial charge in [-0.3, -0.25) is 0 Å². The number of hydrogen-bond acceptors (Lipinski definition) is 3. The van der Waals surface area contributed by atoms with E-state index in [0.29, 0.717) is 11.8 Å². The molecule has 1 aromatic heterocycles. The van der Waals surface area contributed by atoms with Crippen molar-refractivity contribution < 1.29 is 9.16 Å². The zero-order valence-corrected chi connectivity index (χ0v) is 16.6. The highest BCUT2D eigenvalue weighted by atomic mass is 35.5. The van der Waals surface area contributed by atoms with E-state index in [1.54, 1.807) is 6.20 Å². The first-order valence-electron chi connectivity index (χ1n) is 7.94. The molecule has 1 heterocycles. The predicted octanol–water partition coefficient (Wildman–Crippen LogP) is 5.68. The number of hydrogen-bond donors (Lipinski definition) is 0. The molecule has 0 aliphatic carbocycles. The topological polar surface area (TPSA) is 31.4 Å². The van der Waals surface area contributed by atoms with Gasteiger partial charge in [0.2, 0.25) is 0 Å². The van der Waals surface area contributed by atoms with Gasteiger partial charge in [0.1, 0.15) is 17.5 Å². The number of rotatable bonds is 5. The third-order valence-corrected chi connectivity index (χ3v) is 9.26. The van der Waals surface area contributed by atoms with Gasteiger partial charge < -0.3 is 9.16 Å². The van der Waals surface area contributed by atoms with Crippen LogP contribution in [0.2, 0.25) is 23.3 Å². The average Bonchev–Trinajstić information content (AvgIpc) is 2.43. The second-order valence-corrected chi connectivity index (χ2v) is 12.7. The van der Waals surface area contributed by atoms with E-state index in [4.69, 9.17) is 20.8 Å². The largest absolute Gasteiger partial charge is 0.491 e. The van der Waals surface area contributed by atoms with Crippen LogP contribution in [0.3, 0.4) is 0 Å². The summed E-state index contributed by atoms with van der Waals surface area (Å²) in [5.74, 6) is 0.826. The van der Waals surface area contributed by atoms with Crippen LogP contribution in [0.5, 0.6) is 5.75 Å². The van der Waals surface area contributed by atoms with Crippen LogP contribution in [-0.2, 0) is 4.43 Å². The van der Waals surface area contributed by atoms with Crippen LogP contribution in [0.4, 0.5) is 0 Å². The number of benzene rings is 1. The lowest BCUT2D eigenvalue weighted by Crippen LogP contribution is -2.44. The van der Waals surface area contributed by atoms with Crippen LogP contribution in [0.25, 0.3) is 10.8 Å². The lowest BCUT2D eigenvalue weighted by Gasteiger charge is -2.38. The number of nitrogens with zero attached hydrogens (tertiary/aromatic N) is 1. The fraction of sp³-hybridized carbons (Fsp3) is 0.500. The first kappa shape index (κ1) is 18.2. The van der Waals surface area contributed by atoms with E-state index < -0.39 is 8.32 Å². The molecule has 0 N–H and O–H groups in total. The fourth-order valence-corrected chi connectivity index (χ4v) is 3.70. The molecule has 0 unspecified atom stereocenters. The zero-order valence-electron chi connectivity index (χ0n) is 14.8. The summed E-state index contributed by atoms with van der Waals surface area (Å²) < 4.78 is 12.2. The maximum Gasteiger partial charge on any atom is 0.192 e. The van der Waals surface area contributed by atoms with Crippen molar-refractivity contribution in [1.82, 2.24) is 4.98 Å². The Hall–Kier alpha value is -1.10. The molecule has 126 valence electrons. The summed E-state index contributed by atoms with van der Waals surface area (Å²) in [5.41, 5.74) is 0. The van der Waals surface area contributed by atoms with Crippen LogP contribution in [-0.4, -0.2) is 26.0 Å². The predicted molar refractivity (Wildman–Crippen MR) is 100.0 cm³/mol. The van der Waals surface area contributed by atoms with Gasteiger partial charge in [-0.05, 0) is 48.6 Å². The Morgan fingerprint density at radius 1 is 1.17 bits per heavy atom. The van der Waals surface area contributed by atoms with Gasteiger partial charge in [0.15, 0.2) is 8.32 Å². The van der Waals surface area contributed by atoms with Gasteiger partial charge in [-0.1, -0.05) is 38.4 Å². The van der Waals surface area contributed by atoms with Crippen molar-refractivity contribution in [3.8, 4) is 5.75 Å². The summed E-state index contributed by atoms with van der Waals surface area (Å²) >= 11 is 5.90. The highest BCUT2D eigenvalue weighted by Gasteiger charge is 2.38. The smallest absolute Gasteiger partial charge is 0.192 e. The highest BCUT2D eigenvalue weighted by molar-refractivity contribution is 6.74. The van der Waals surface area contributed by atoms with Crippen molar-refractivity contribution >= 4 is 30.7 Å². The maximum absolute atomic E-state index is 6.31. The Morgan fingerprint density at radius 3 is 2.52 bits per heavy atom. The second-order valence-electron chi connectivity index (χ2n) is 7.52. The molecule has 23 heavy (non-hydrogen) atoms. The van der Waals surface area contributed by atoms with E-state index in [-0.39, 0.29) is 11.1 Å². The van der Waals surface area contributed by atoms with Crippen LogP contribution >= 0.6 is 11.6 Å². The molecule has 0 fully saturated rings. The summed E-state index contributed by atoms with van der Waals surface area (Å²) in [5, 5.41) is 2.78. The normalized spacial score (nSPS) is 14.0. The summed E-state index contributed by atoms with van der Waals surface area (Å²) in [6.07, 6.45) is 1.83. The van der Waals surface area contributed by atoms with Gasteiger partial charge >= 0.3 is 0 Å². The number of halogens is 1. The molecule has 2 aromatic rings. The molecule has 0 spiro atoms. The SMILES string of the molecule is C[C@H](COc1ccc2cc(Cl)ncc2c1)O[Si](C)(C)C(C)(C)C. The molecule has 1 atom stereocenters. The minimum atomic E-state index is -1.76. The first-order chi connectivity index (χ1) is 10.6. The van der Waals surface area contributed by atoms with E-state index in [0.717, 1.165) is 16.5 Å². The van der Waals surface area contributed by atoms with E-state index >= 15 is 0 Å². The van der Waals surface area contributed by atoms with Crippen molar-refractivity contribution in [2.75, 3.05) is 6.61 Å². The number of ether oxygens (including phenoxy) is 1. The molecule has 0 aliphatic rings. The molecule has 0 bridgehead atoms. The standard InChI is InChI=1S/C18H26ClNO2Si/c1-13(22-23(5,6)18(2,3)4)12-21-16-8-7-14-10-17(19)20-11-15(14)9-16/h7-11,13H,12H2,1-6H3/t13-/m1/s1. The molecule has 5 heteroatoms. The van der Waals surface area contributed by atoms with Crippen molar-refractivity contribution in [3.05, 3.63) is 35.6 Å². The van der Waals surface area contributed by atoms with Crippen LogP contribution < -0.4 is 4.74 Å². The van der Waals surface area contributed by atoms with Crippen LogP contribution in [0.1, 0.15) is 27.7 Å². The quantitative estimate of drug-likeness (QED) is 0.513. The molecule has 3 nitrogen and oxygen atoms in total. The zero-order chi connectivity index (χ0) is 17.3.